The summed E-state index contributed by atoms with van der Waals surface area (Å²) in [5.41, 5.74) is 0.491. The average Bonchev–Trinajstić information content (AvgIpc) is 1.92. The quantitative estimate of drug-likeness (QED) is 0.357. The van der Waals surface area contributed by atoms with Crippen molar-refractivity contribution in [2.45, 2.75) is 11.8 Å². The maximum atomic E-state index is 10.6. The zero-order chi connectivity index (χ0) is 9.35. The minimum atomic E-state index is -4.31. The molecule has 0 aliphatic carbocycles. The van der Waals surface area contributed by atoms with Crippen molar-refractivity contribution in [3.05, 3.63) is 27.3 Å². The molecule has 0 spiro atoms. The Bertz CT molecular complexity index is 402. The topological polar surface area (TPSA) is 57.2 Å². The van der Waals surface area contributed by atoms with Crippen LogP contribution in [0.25, 0.3) is 0 Å². The summed E-state index contributed by atoms with van der Waals surface area (Å²) >= 11 is 1.96. The molecule has 1 rings (SSSR count). The molecule has 0 heterocycles. The normalized spacial score (nSPS) is 10.7. The van der Waals surface area contributed by atoms with Gasteiger partial charge in [-0.1, -0.05) is 6.07 Å². The number of rotatable bonds is 1. The summed E-state index contributed by atoms with van der Waals surface area (Å²) in [6.07, 6.45) is 0. The van der Waals surface area contributed by atoms with E-state index in [0.29, 0.717) is 5.56 Å². The van der Waals surface area contributed by atoms with Crippen LogP contribution in [0.1, 0.15) is 5.56 Å². The summed E-state index contributed by atoms with van der Waals surface area (Å²) in [6, 6.07) is 4.75. The van der Waals surface area contributed by atoms with Crippen LogP contribution in [0, 0.1) is 10.5 Å². The Labute approximate surface area is 134 Å². The molecule has 0 atom stereocenters. The van der Waals surface area contributed by atoms with Gasteiger partial charge in [0.15, 0.2) is 0 Å². The minimum absolute atomic E-state index is 0. The number of hydrogen-bond donors (Lipinski definition) is 0. The molecule has 0 saturated heterocycles. The van der Waals surface area contributed by atoms with E-state index in [4.69, 9.17) is 0 Å². The van der Waals surface area contributed by atoms with Crippen molar-refractivity contribution in [2.75, 3.05) is 0 Å². The first kappa shape index (κ1) is 14.5. The second kappa shape index (κ2) is 5.54. The van der Waals surface area contributed by atoms with Crippen LogP contribution in [-0.4, -0.2) is 13.0 Å². The molecule has 0 N–H and O–H groups in total. The first-order valence-corrected chi connectivity index (χ1v) is 5.62. The molecule has 0 saturated carbocycles. The standard InChI is InChI=1S/C7H7IO3S.K/c1-5-2-3-6(8)4-7(5)12(9,10)11;/h2-4H,1H3,(H,9,10,11);/q;+1/p-1. The van der Waals surface area contributed by atoms with Gasteiger partial charge in [0.25, 0.3) is 0 Å². The van der Waals surface area contributed by atoms with Crippen LogP contribution in [0.15, 0.2) is 23.1 Å². The predicted molar refractivity (Wildman–Crippen MR) is 51.9 cm³/mol. The van der Waals surface area contributed by atoms with E-state index in [0.717, 1.165) is 3.57 Å². The van der Waals surface area contributed by atoms with E-state index in [2.05, 4.69) is 0 Å². The van der Waals surface area contributed by atoms with E-state index in [-0.39, 0.29) is 56.3 Å². The second-order valence-corrected chi connectivity index (χ2v) is 4.96. The van der Waals surface area contributed by atoms with Crippen LogP contribution >= 0.6 is 22.6 Å². The summed E-state index contributed by atoms with van der Waals surface area (Å²) in [4.78, 5) is -0.130. The van der Waals surface area contributed by atoms with Crippen LogP contribution in [0.3, 0.4) is 0 Å². The second-order valence-electron chi connectivity index (χ2n) is 2.36. The fraction of sp³-hybridized carbons (Fsp3) is 0.143. The molecule has 66 valence electrons. The molecule has 0 amide bonds. The molecule has 0 bridgehead atoms. The first-order chi connectivity index (χ1) is 5.41. The van der Waals surface area contributed by atoms with E-state index in [1.54, 1.807) is 19.1 Å². The Morgan fingerprint density at radius 1 is 1.38 bits per heavy atom. The molecule has 3 nitrogen and oxygen atoms in total. The van der Waals surface area contributed by atoms with E-state index in [1.165, 1.54) is 6.07 Å². The van der Waals surface area contributed by atoms with Crippen LogP contribution in [0.2, 0.25) is 0 Å². The van der Waals surface area contributed by atoms with Gasteiger partial charge in [-0.2, -0.15) is 0 Å². The summed E-state index contributed by atoms with van der Waals surface area (Å²) < 4.78 is 32.7. The van der Waals surface area contributed by atoms with Gasteiger partial charge in [0, 0.05) is 3.57 Å². The van der Waals surface area contributed by atoms with Crippen LogP contribution in [0.4, 0.5) is 0 Å². The SMILES string of the molecule is Cc1ccc(I)cc1S(=O)(=O)[O-].[K+]. The smallest absolute Gasteiger partial charge is 0.744 e. The monoisotopic (exact) mass is 336 g/mol. The third-order valence-electron chi connectivity index (χ3n) is 1.42. The molecule has 0 aliphatic heterocycles. The van der Waals surface area contributed by atoms with Crippen LogP contribution in [0.5, 0.6) is 0 Å². The molecule has 0 unspecified atom stereocenters. The fourth-order valence-corrected chi connectivity index (χ4v) is 2.28. The molecular formula is C7H6IKO3S. The van der Waals surface area contributed by atoms with E-state index in [1.807, 2.05) is 22.6 Å². The van der Waals surface area contributed by atoms with Crippen molar-refractivity contribution in [1.82, 2.24) is 0 Å². The Balaban J connectivity index is 0.00000144. The van der Waals surface area contributed by atoms with Gasteiger partial charge in [0.1, 0.15) is 10.1 Å². The molecule has 0 fully saturated rings. The van der Waals surface area contributed by atoms with E-state index in [9.17, 15) is 13.0 Å². The minimum Gasteiger partial charge on any atom is -0.744 e. The summed E-state index contributed by atoms with van der Waals surface area (Å²) in [7, 11) is -4.31. The summed E-state index contributed by atoms with van der Waals surface area (Å²) in [5.74, 6) is 0. The van der Waals surface area contributed by atoms with Crippen molar-refractivity contribution in [1.29, 1.82) is 0 Å². The summed E-state index contributed by atoms with van der Waals surface area (Å²) in [6.45, 7) is 1.60. The average molecular weight is 336 g/mol. The van der Waals surface area contributed by atoms with Gasteiger partial charge in [-0.25, -0.2) is 8.42 Å². The molecule has 0 aromatic heterocycles. The van der Waals surface area contributed by atoms with Crippen molar-refractivity contribution >= 4 is 32.7 Å². The van der Waals surface area contributed by atoms with Gasteiger partial charge < -0.3 is 4.55 Å². The van der Waals surface area contributed by atoms with Gasteiger partial charge in [0.2, 0.25) is 0 Å². The molecule has 1 aromatic carbocycles. The largest absolute Gasteiger partial charge is 1.00 e. The number of hydrogen-bond acceptors (Lipinski definition) is 3. The van der Waals surface area contributed by atoms with Gasteiger partial charge >= 0.3 is 51.4 Å². The molecule has 0 radical (unpaired) electrons. The molecule has 13 heavy (non-hydrogen) atoms. The van der Waals surface area contributed by atoms with Crippen LogP contribution < -0.4 is 51.4 Å². The fourth-order valence-electron chi connectivity index (χ4n) is 0.843. The molecular weight excluding hydrogens is 330 g/mol. The molecule has 0 aliphatic rings. The van der Waals surface area contributed by atoms with Crippen LogP contribution in [-0.2, 0) is 10.1 Å². The number of halogens is 1. The first-order valence-electron chi connectivity index (χ1n) is 3.13. The Morgan fingerprint density at radius 3 is 2.31 bits per heavy atom. The van der Waals surface area contributed by atoms with Crippen molar-refractivity contribution in [3.8, 4) is 0 Å². The summed E-state index contributed by atoms with van der Waals surface area (Å²) in [5, 5.41) is 0. The third-order valence-corrected chi connectivity index (χ3v) is 3.07. The maximum Gasteiger partial charge on any atom is 1.00 e. The molecule has 6 heteroatoms. The van der Waals surface area contributed by atoms with Crippen molar-refractivity contribution < 1.29 is 64.4 Å². The number of aryl methyl sites for hydroxylation is 1. The van der Waals surface area contributed by atoms with Gasteiger partial charge in [0.05, 0.1) is 4.90 Å². The van der Waals surface area contributed by atoms with Gasteiger partial charge in [-0.05, 0) is 47.2 Å². The maximum absolute atomic E-state index is 10.6. The zero-order valence-electron chi connectivity index (χ0n) is 7.24. The third kappa shape index (κ3) is 4.25. The Hall–Kier alpha value is 1.50. The number of benzene rings is 1. The van der Waals surface area contributed by atoms with Crippen molar-refractivity contribution in [3.63, 3.8) is 0 Å². The Morgan fingerprint density at radius 2 is 1.92 bits per heavy atom. The van der Waals surface area contributed by atoms with Crippen molar-refractivity contribution in [2.24, 2.45) is 0 Å². The van der Waals surface area contributed by atoms with E-state index < -0.39 is 10.1 Å². The van der Waals surface area contributed by atoms with E-state index >= 15 is 0 Å². The Kier molecular flexibility index (Phi) is 6.18. The zero-order valence-corrected chi connectivity index (χ0v) is 13.3. The van der Waals surface area contributed by atoms with Gasteiger partial charge in [-0.15, -0.1) is 0 Å². The molecule has 1 aromatic rings. The van der Waals surface area contributed by atoms with Gasteiger partial charge in [-0.3, -0.25) is 0 Å². The predicted octanol–water partition coefficient (Wildman–Crippen LogP) is -1.49.